The van der Waals surface area contributed by atoms with E-state index >= 15 is 0 Å². The lowest BCUT2D eigenvalue weighted by Gasteiger charge is -2.23. The third kappa shape index (κ3) is 3.06. The van der Waals surface area contributed by atoms with E-state index in [0.29, 0.717) is 23.3 Å². The first-order valence-corrected chi connectivity index (χ1v) is 6.32. The quantitative estimate of drug-likeness (QED) is 0.890. The molecule has 0 aliphatic carbocycles. The molecule has 0 heterocycles. The number of carbonyl (C=O) groups is 1. The Labute approximate surface area is 113 Å². The van der Waals surface area contributed by atoms with Crippen molar-refractivity contribution < 1.29 is 19.0 Å². The van der Waals surface area contributed by atoms with E-state index in [1.54, 1.807) is 20.8 Å². The number of methoxy groups -OCH3 is 1. The van der Waals surface area contributed by atoms with Gasteiger partial charge in [-0.2, -0.15) is 0 Å². The number of rotatable bonds is 5. The maximum Gasteiger partial charge on any atom is 0.309 e. The number of carboxylic acids is 1. The summed E-state index contributed by atoms with van der Waals surface area (Å²) in [5, 5.41) is 9.19. The van der Waals surface area contributed by atoms with E-state index in [2.05, 4.69) is 0 Å². The Morgan fingerprint density at radius 2 is 2.05 bits per heavy atom. The molecule has 0 saturated carbocycles. The molecule has 1 N–H and O–H groups in total. The number of ether oxygens (including phenoxy) is 1. The summed E-state index contributed by atoms with van der Waals surface area (Å²) in [6, 6.07) is 1.43. The smallest absolute Gasteiger partial charge is 0.309 e. The predicted molar refractivity (Wildman–Crippen MR) is 72.2 cm³/mol. The minimum Gasteiger partial charge on any atom is -0.496 e. The molecule has 0 bridgehead atoms. The fourth-order valence-corrected chi connectivity index (χ4v) is 2.20. The first kappa shape index (κ1) is 15.5. The van der Waals surface area contributed by atoms with Gasteiger partial charge in [-0.25, -0.2) is 4.39 Å². The van der Waals surface area contributed by atoms with E-state index < -0.39 is 11.4 Å². The van der Waals surface area contributed by atoms with Crippen molar-refractivity contribution in [1.82, 2.24) is 0 Å². The van der Waals surface area contributed by atoms with Crippen molar-refractivity contribution in [1.29, 1.82) is 0 Å². The molecule has 19 heavy (non-hydrogen) atoms. The van der Waals surface area contributed by atoms with E-state index in [4.69, 9.17) is 4.74 Å². The van der Waals surface area contributed by atoms with Gasteiger partial charge in [0.15, 0.2) is 0 Å². The highest BCUT2D eigenvalue weighted by atomic mass is 19.1. The van der Waals surface area contributed by atoms with E-state index in [1.807, 2.05) is 6.92 Å². The van der Waals surface area contributed by atoms with E-state index in [-0.39, 0.29) is 12.2 Å². The van der Waals surface area contributed by atoms with Crippen LogP contribution in [0.3, 0.4) is 0 Å². The summed E-state index contributed by atoms with van der Waals surface area (Å²) in [5.74, 6) is -0.724. The third-order valence-corrected chi connectivity index (χ3v) is 3.43. The SMILES string of the molecule is CCc1c(CC(C)(C)C(=O)O)cc(F)c(C)c1OC. The lowest BCUT2D eigenvalue weighted by molar-refractivity contribution is -0.146. The molecular formula is C15H21FO3. The van der Waals surface area contributed by atoms with Gasteiger partial charge in [0.1, 0.15) is 11.6 Å². The number of halogens is 1. The van der Waals surface area contributed by atoms with Crippen molar-refractivity contribution in [3.63, 3.8) is 0 Å². The van der Waals surface area contributed by atoms with Crippen LogP contribution < -0.4 is 4.74 Å². The first-order valence-electron chi connectivity index (χ1n) is 6.32. The average molecular weight is 268 g/mol. The van der Waals surface area contributed by atoms with Crippen LogP contribution in [-0.2, 0) is 17.6 Å². The molecule has 106 valence electrons. The molecule has 0 fully saturated rings. The molecule has 0 radical (unpaired) electrons. The van der Waals surface area contributed by atoms with Gasteiger partial charge in [0.25, 0.3) is 0 Å². The van der Waals surface area contributed by atoms with Gasteiger partial charge >= 0.3 is 5.97 Å². The van der Waals surface area contributed by atoms with Crippen molar-refractivity contribution in [3.05, 3.63) is 28.6 Å². The molecule has 0 aromatic heterocycles. The van der Waals surface area contributed by atoms with Crippen LogP contribution in [0.2, 0.25) is 0 Å². The number of carboxylic acid groups (broad SMARTS) is 1. The van der Waals surface area contributed by atoms with Gasteiger partial charge in [-0.15, -0.1) is 0 Å². The van der Waals surface area contributed by atoms with Crippen LogP contribution in [0.1, 0.15) is 37.5 Å². The topological polar surface area (TPSA) is 46.5 Å². The summed E-state index contributed by atoms with van der Waals surface area (Å²) in [5.41, 5.74) is 1.12. The van der Waals surface area contributed by atoms with Gasteiger partial charge in [-0.1, -0.05) is 6.92 Å². The monoisotopic (exact) mass is 268 g/mol. The summed E-state index contributed by atoms with van der Waals surface area (Å²) >= 11 is 0. The van der Waals surface area contributed by atoms with Crippen LogP contribution >= 0.6 is 0 Å². The maximum atomic E-state index is 13.9. The lowest BCUT2D eigenvalue weighted by Crippen LogP contribution is -2.27. The van der Waals surface area contributed by atoms with Crippen LogP contribution in [0, 0.1) is 18.2 Å². The predicted octanol–water partition coefficient (Wildman–Crippen LogP) is 3.36. The molecular weight excluding hydrogens is 247 g/mol. The largest absolute Gasteiger partial charge is 0.496 e. The number of aliphatic carboxylic acids is 1. The minimum atomic E-state index is -0.934. The van der Waals surface area contributed by atoms with Crippen LogP contribution in [0.4, 0.5) is 4.39 Å². The number of benzene rings is 1. The third-order valence-electron chi connectivity index (χ3n) is 3.43. The molecule has 0 aliphatic rings. The normalized spacial score (nSPS) is 11.5. The highest BCUT2D eigenvalue weighted by molar-refractivity contribution is 5.74. The highest BCUT2D eigenvalue weighted by Gasteiger charge is 2.29. The fourth-order valence-electron chi connectivity index (χ4n) is 2.20. The second-order valence-corrected chi connectivity index (χ2v) is 5.37. The molecule has 0 amide bonds. The summed E-state index contributed by atoms with van der Waals surface area (Å²) < 4.78 is 19.2. The van der Waals surface area contributed by atoms with Crippen molar-refractivity contribution >= 4 is 5.97 Å². The summed E-state index contributed by atoms with van der Waals surface area (Å²) in [6.45, 7) is 6.89. The molecule has 0 aliphatic heterocycles. The molecule has 1 aromatic rings. The average Bonchev–Trinajstić information content (AvgIpc) is 2.32. The zero-order valence-corrected chi connectivity index (χ0v) is 12.1. The molecule has 0 spiro atoms. The second-order valence-electron chi connectivity index (χ2n) is 5.37. The Morgan fingerprint density at radius 3 is 2.47 bits per heavy atom. The van der Waals surface area contributed by atoms with E-state index in [0.717, 1.165) is 5.56 Å². The van der Waals surface area contributed by atoms with Crippen LogP contribution in [0.5, 0.6) is 5.75 Å². The van der Waals surface area contributed by atoms with E-state index in [9.17, 15) is 14.3 Å². The highest BCUT2D eigenvalue weighted by Crippen LogP contribution is 2.33. The zero-order valence-electron chi connectivity index (χ0n) is 12.1. The van der Waals surface area contributed by atoms with Crippen molar-refractivity contribution in [2.45, 2.75) is 40.5 Å². The van der Waals surface area contributed by atoms with Crippen LogP contribution in [-0.4, -0.2) is 18.2 Å². The Morgan fingerprint density at radius 1 is 1.47 bits per heavy atom. The van der Waals surface area contributed by atoms with Gasteiger partial charge in [0.05, 0.1) is 12.5 Å². The van der Waals surface area contributed by atoms with Gasteiger partial charge in [0.2, 0.25) is 0 Å². The fraction of sp³-hybridized carbons (Fsp3) is 0.533. The molecule has 0 saturated heterocycles. The standard InChI is InChI=1S/C15H21FO3/c1-6-11-10(8-15(3,4)14(17)18)7-12(16)9(2)13(11)19-5/h7H,6,8H2,1-5H3,(H,17,18). The van der Waals surface area contributed by atoms with Crippen molar-refractivity contribution in [3.8, 4) is 5.75 Å². The Hall–Kier alpha value is -1.58. The van der Waals surface area contributed by atoms with Gasteiger partial charge < -0.3 is 9.84 Å². The molecule has 0 unspecified atom stereocenters. The summed E-state index contributed by atoms with van der Waals surface area (Å²) in [7, 11) is 1.51. The molecule has 0 atom stereocenters. The van der Waals surface area contributed by atoms with Crippen molar-refractivity contribution in [2.75, 3.05) is 7.11 Å². The van der Waals surface area contributed by atoms with Gasteiger partial charge in [0, 0.05) is 5.56 Å². The Kier molecular flexibility index (Phi) is 4.56. The second kappa shape index (κ2) is 5.59. The maximum absolute atomic E-state index is 13.9. The zero-order chi connectivity index (χ0) is 14.8. The van der Waals surface area contributed by atoms with Gasteiger partial charge in [-0.05, 0) is 50.8 Å². The van der Waals surface area contributed by atoms with Crippen LogP contribution in [0.15, 0.2) is 6.07 Å². The van der Waals surface area contributed by atoms with E-state index in [1.165, 1.54) is 13.2 Å². The summed E-state index contributed by atoms with van der Waals surface area (Å²) in [6.07, 6.45) is 0.953. The van der Waals surface area contributed by atoms with Gasteiger partial charge in [-0.3, -0.25) is 4.79 Å². The first-order chi connectivity index (χ1) is 8.74. The number of hydrogen-bond acceptors (Lipinski definition) is 2. The Balaban J connectivity index is 3.36. The van der Waals surface area contributed by atoms with Crippen molar-refractivity contribution in [2.24, 2.45) is 5.41 Å². The lowest BCUT2D eigenvalue weighted by atomic mass is 9.83. The summed E-state index contributed by atoms with van der Waals surface area (Å²) in [4.78, 5) is 11.2. The molecule has 4 heteroatoms. The molecule has 1 rings (SSSR count). The minimum absolute atomic E-state index is 0.277. The molecule has 1 aromatic carbocycles. The van der Waals surface area contributed by atoms with Crippen LogP contribution in [0.25, 0.3) is 0 Å². The Bertz CT molecular complexity index is 493. The molecule has 3 nitrogen and oxygen atoms in total. The number of hydrogen-bond donors (Lipinski definition) is 1.